The highest BCUT2D eigenvalue weighted by Gasteiger charge is 2.45. The van der Waals surface area contributed by atoms with E-state index < -0.39 is 11.6 Å². The average molecular weight is 660 g/mol. The van der Waals surface area contributed by atoms with Crippen LogP contribution in [0.15, 0.2) is 6.07 Å². The minimum absolute atomic E-state index is 0.0137. The van der Waals surface area contributed by atoms with E-state index in [0.717, 1.165) is 62.7 Å². The summed E-state index contributed by atoms with van der Waals surface area (Å²) in [6.45, 7) is 12.5. The van der Waals surface area contributed by atoms with E-state index in [9.17, 15) is 14.4 Å². The van der Waals surface area contributed by atoms with Crippen LogP contribution in [-0.4, -0.2) is 62.5 Å². The molecule has 1 aromatic rings. The minimum Gasteiger partial charge on any atom is -0.465 e. The largest absolute Gasteiger partial charge is 0.465 e. The quantitative estimate of drug-likeness (QED) is 0.249. The molecule has 3 saturated carbocycles. The SMILES string of the molecule is COC(=O)c1sc(C(C)(C)C)cc1N(C(=O)[C@H]1CC[C@H](C)CC1)[C@H]1CC[C@](CO[C@H]2CCOC2)(OC(=O)[C@H]2CC[C@H](C)CC2)CC1. The third-order valence-electron chi connectivity index (χ3n) is 11.1. The summed E-state index contributed by atoms with van der Waals surface area (Å²) in [5.74, 6) is 0.765. The number of carbonyl (C=O) groups is 3. The number of methoxy groups -OCH3 is 1. The first kappa shape index (κ1) is 35.3. The second kappa shape index (κ2) is 15.1. The van der Waals surface area contributed by atoms with Gasteiger partial charge >= 0.3 is 11.9 Å². The van der Waals surface area contributed by atoms with Crippen molar-refractivity contribution in [1.82, 2.24) is 0 Å². The fourth-order valence-electron chi connectivity index (χ4n) is 7.74. The molecule has 9 heteroatoms. The molecule has 0 unspecified atom stereocenters. The van der Waals surface area contributed by atoms with Crippen molar-refractivity contribution in [2.75, 3.05) is 31.8 Å². The van der Waals surface area contributed by atoms with E-state index in [4.69, 9.17) is 18.9 Å². The Balaban J connectivity index is 1.41. The Bertz CT molecular complexity index is 1190. The zero-order valence-electron chi connectivity index (χ0n) is 29.1. The number of anilines is 1. The normalized spacial score (nSPS) is 32.1. The molecule has 1 aliphatic heterocycles. The molecule has 4 fully saturated rings. The van der Waals surface area contributed by atoms with E-state index in [-0.39, 0.29) is 41.3 Å². The zero-order valence-corrected chi connectivity index (χ0v) is 29.9. The van der Waals surface area contributed by atoms with Crippen LogP contribution in [0.3, 0.4) is 0 Å². The third kappa shape index (κ3) is 8.35. The number of ether oxygens (including phenoxy) is 4. The van der Waals surface area contributed by atoms with Crippen LogP contribution in [0.1, 0.15) is 133 Å². The summed E-state index contributed by atoms with van der Waals surface area (Å²) in [5.41, 5.74) is -0.241. The van der Waals surface area contributed by atoms with Crippen molar-refractivity contribution in [2.24, 2.45) is 23.7 Å². The predicted molar refractivity (Wildman–Crippen MR) is 180 cm³/mol. The van der Waals surface area contributed by atoms with Crippen molar-refractivity contribution < 1.29 is 33.3 Å². The van der Waals surface area contributed by atoms with Crippen LogP contribution in [0, 0.1) is 23.7 Å². The van der Waals surface area contributed by atoms with Gasteiger partial charge in [-0.2, -0.15) is 0 Å². The van der Waals surface area contributed by atoms with E-state index in [0.29, 0.717) is 67.9 Å². The van der Waals surface area contributed by atoms with Gasteiger partial charge in [-0.3, -0.25) is 9.59 Å². The Morgan fingerprint density at radius 2 is 1.52 bits per heavy atom. The Hall–Kier alpha value is -1.97. The van der Waals surface area contributed by atoms with E-state index in [1.165, 1.54) is 18.4 Å². The number of rotatable bonds is 9. The Labute approximate surface area is 280 Å². The monoisotopic (exact) mass is 659 g/mol. The lowest BCUT2D eigenvalue weighted by Gasteiger charge is -2.44. The average Bonchev–Trinajstić information content (AvgIpc) is 3.72. The van der Waals surface area contributed by atoms with Gasteiger partial charge in [-0.05, 0) is 107 Å². The molecule has 1 atom stereocenters. The number of amides is 1. The van der Waals surface area contributed by atoms with E-state index in [2.05, 4.69) is 40.7 Å². The van der Waals surface area contributed by atoms with Gasteiger partial charge in [0.05, 0.1) is 38.0 Å². The summed E-state index contributed by atoms with van der Waals surface area (Å²) in [4.78, 5) is 44.8. The molecular formula is C37H57NO7S. The molecule has 1 amide bonds. The first-order valence-electron chi connectivity index (χ1n) is 17.9. The van der Waals surface area contributed by atoms with Gasteiger partial charge in [0.1, 0.15) is 10.5 Å². The topological polar surface area (TPSA) is 91.4 Å². The fourth-order valence-corrected chi connectivity index (χ4v) is 8.86. The molecule has 46 heavy (non-hydrogen) atoms. The predicted octanol–water partition coefficient (Wildman–Crippen LogP) is 7.85. The number of carbonyl (C=O) groups excluding carboxylic acids is 3. The molecule has 4 aliphatic rings. The lowest BCUT2D eigenvalue weighted by atomic mass is 9.79. The van der Waals surface area contributed by atoms with Crippen LogP contribution in [0.25, 0.3) is 0 Å². The van der Waals surface area contributed by atoms with Gasteiger partial charge in [-0.1, -0.05) is 34.6 Å². The summed E-state index contributed by atoms with van der Waals surface area (Å²) in [6, 6.07) is 1.94. The van der Waals surface area contributed by atoms with Crippen molar-refractivity contribution in [2.45, 2.75) is 141 Å². The van der Waals surface area contributed by atoms with Crippen LogP contribution in [0.5, 0.6) is 0 Å². The summed E-state index contributed by atoms with van der Waals surface area (Å²) < 4.78 is 23.6. The standard InChI is InChI=1S/C37H57NO7S/c1-24-7-11-26(12-8-24)33(39)38(30-21-31(36(3,4)5)46-32(30)35(41)42-6)28-15-18-37(19-16-28,23-44-29-17-20-43-22-29)45-34(40)27-13-9-25(2)10-14-27/h21,24-29H,7-20,22-23H2,1-6H3/t24-,25-,26-,27-,28-,29-,37-/m0/s1. The van der Waals surface area contributed by atoms with E-state index in [1.54, 1.807) is 0 Å². The van der Waals surface area contributed by atoms with Gasteiger partial charge in [0.2, 0.25) is 5.91 Å². The molecule has 258 valence electrons. The number of hydrogen-bond acceptors (Lipinski definition) is 8. The van der Waals surface area contributed by atoms with E-state index >= 15 is 0 Å². The van der Waals surface area contributed by atoms with Crippen molar-refractivity contribution in [3.05, 3.63) is 15.8 Å². The molecule has 8 nitrogen and oxygen atoms in total. The maximum absolute atomic E-state index is 14.6. The molecule has 0 spiro atoms. The fraction of sp³-hybridized carbons (Fsp3) is 0.811. The van der Waals surface area contributed by atoms with Crippen molar-refractivity contribution in [3.63, 3.8) is 0 Å². The van der Waals surface area contributed by atoms with E-state index in [1.807, 2.05) is 4.90 Å². The van der Waals surface area contributed by atoms with Crippen molar-refractivity contribution >= 4 is 34.9 Å². The van der Waals surface area contributed by atoms with Gasteiger partial charge < -0.3 is 23.8 Å². The molecule has 0 aromatic carbocycles. The Morgan fingerprint density at radius 1 is 0.913 bits per heavy atom. The molecule has 3 aliphatic carbocycles. The lowest BCUT2D eigenvalue weighted by molar-refractivity contribution is -0.181. The Kier molecular flexibility index (Phi) is 11.6. The molecule has 0 N–H and O–H groups in total. The maximum Gasteiger partial charge on any atom is 0.350 e. The van der Waals surface area contributed by atoms with Crippen molar-refractivity contribution in [1.29, 1.82) is 0 Å². The van der Waals surface area contributed by atoms with Gasteiger partial charge in [0.25, 0.3) is 0 Å². The molecular weight excluding hydrogens is 602 g/mol. The lowest BCUT2D eigenvalue weighted by Crippen LogP contribution is -2.52. The highest BCUT2D eigenvalue weighted by atomic mass is 32.1. The zero-order chi connectivity index (χ0) is 33.1. The molecule has 1 aromatic heterocycles. The molecule has 1 saturated heterocycles. The first-order valence-corrected chi connectivity index (χ1v) is 18.7. The number of esters is 2. The van der Waals surface area contributed by atoms with Crippen LogP contribution < -0.4 is 4.90 Å². The van der Waals surface area contributed by atoms with Crippen LogP contribution in [0.4, 0.5) is 5.69 Å². The smallest absolute Gasteiger partial charge is 0.350 e. The van der Waals surface area contributed by atoms with Gasteiger partial charge in [-0.25, -0.2) is 4.79 Å². The molecule has 0 bridgehead atoms. The number of hydrogen-bond donors (Lipinski definition) is 0. The summed E-state index contributed by atoms with van der Waals surface area (Å²) in [6.07, 6.45) is 11.1. The maximum atomic E-state index is 14.6. The summed E-state index contributed by atoms with van der Waals surface area (Å²) in [7, 11) is 1.41. The first-order chi connectivity index (χ1) is 21.9. The highest BCUT2D eigenvalue weighted by molar-refractivity contribution is 7.14. The van der Waals surface area contributed by atoms with Gasteiger partial charge in [-0.15, -0.1) is 11.3 Å². The van der Waals surface area contributed by atoms with Crippen molar-refractivity contribution in [3.8, 4) is 0 Å². The number of nitrogens with zero attached hydrogens (tertiary/aromatic N) is 1. The van der Waals surface area contributed by atoms with Gasteiger partial charge in [0, 0.05) is 23.4 Å². The molecule has 2 heterocycles. The minimum atomic E-state index is -0.732. The number of thiophene rings is 1. The summed E-state index contributed by atoms with van der Waals surface area (Å²) in [5, 5.41) is 0. The molecule has 5 rings (SSSR count). The second-order valence-corrected chi connectivity index (χ2v) is 16.9. The van der Waals surface area contributed by atoms with Crippen LogP contribution in [-0.2, 0) is 34.0 Å². The molecule has 0 radical (unpaired) electrons. The third-order valence-corrected chi connectivity index (χ3v) is 12.6. The summed E-state index contributed by atoms with van der Waals surface area (Å²) >= 11 is 1.43. The highest BCUT2D eigenvalue weighted by Crippen LogP contribution is 2.44. The van der Waals surface area contributed by atoms with Gasteiger partial charge in [0.15, 0.2) is 0 Å². The van der Waals surface area contributed by atoms with Crippen LogP contribution >= 0.6 is 11.3 Å². The second-order valence-electron chi connectivity index (χ2n) is 15.8. The van der Waals surface area contributed by atoms with Crippen LogP contribution in [0.2, 0.25) is 0 Å². The Morgan fingerprint density at radius 3 is 2.07 bits per heavy atom.